The van der Waals surface area contributed by atoms with Crippen molar-refractivity contribution < 1.29 is 13.9 Å². The number of halogens is 1. The molecule has 5 heteroatoms. The first-order valence-electron chi connectivity index (χ1n) is 8.38. The van der Waals surface area contributed by atoms with Crippen LogP contribution < -0.4 is 0 Å². The molecule has 0 amide bonds. The van der Waals surface area contributed by atoms with Crippen LogP contribution in [0.25, 0.3) is 0 Å². The predicted octanol–water partition coefficient (Wildman–Crippen LogP) is 1.99. The summed E-state index contributed by atoms with van der Waals surface area (Å²) in [5.41, 5.74) is 0.947. The van der Waals surface area contributed by atoms with Crippen molar-refractivity contribution in [2.75, 3.05) is 53.6 Å². The molecule has 3 rings (SSSR count). The van der Waals surface area contributed by atoms with Gasteiger partial charge in [-0.25, -0.2) is 4.39 Å². The van der Waals surface area contributed by atoms with Gasteiger partial charge in [0.25, 0.3) is 0 Å². The van der Waals surface area contributed by atoms with Crippen LogP contribution in [0.3, 0.4) is 0 Å². The van der Waals surface area contributed by atoms with Gasteiger partial charge < -0.3 is 14.4 Å². The standard InChI is InChI=1S/C18H27FN2O2/c1-20(2)10-16-9-18(23-12-16)13-21(7-8-22-14-18)11-15-3-5-17(19)6-4-15/h3-6,16H,7-14H2,1-2H3/t16-,18-/m1/s1. The van der Waals surface area contributed by atoms with E-state index in [9.17, 15) is 4.39 Å². The number of benzene rings is 1. The maximum absolute atomic E-state index is 13.1. The van der Waals surface area contributed by atoms with Crippen molar-refractivity contribution in [1.82, 2.24) is 9.80 Å². The maximum Gasteiger partial charge on any atom is 0.123 e. The smallest absolute Gasteiger partial charge is 0.123 e. The second-order valence-corrected chi connectivity index (χ2v) is 7.22. The fourth-order valence-corrected chi connectivity index (χ4v) is 3.75. The Morgan fingerprint density at radius 1 is 1.30 bits per heavy atom. The summed E-state index contributed by atoms with van der Waals surface area (Å²) in [6.07, 6.45) is 1.05. The SMILES string of the molecule is CN(C)C[C@@H]1CO[C@]2(COCCN(Cc3ccc(F)cc3)C2)C1. The second kappa shape index (κ2) is 7.26. The molecule has 2 aliphatic rings. The molecule has 0 bridgehead atoms. The van der Waals surface area contributed by atoms with Crippen molar-refractivity contribution >= 4 is 0 Å². The Bertz CT molecular complexity index is 508. The summed E-state index contributed by atoms with van der Waals surface area (Å²) in [4.78, 5) is 4.60. The van der Waals surface area contributed by atoms with Crippen molar-refractivity contribution in [1.29, 1.82) is 0 Å². The average molecular weight is 322 g/mol. The third-order valence-corrected chi connectivity index (χ3v) is 4.66. The summed E-state index contributed by atoms with van der Waals surface area (Å²) >= 11 is 0. The molecule has 2 atom stereocenters. The van der Waals surface area contributed by atoms with Crippen LogP contribution in [-0.2, 0) is 16.0 Å². The summed E-state index contributed by atoms with van der Waals surface area (Å²) in [7, 11) is 4.21. The zero-order valence-electron chi connectivity index (χ0n) is 14.1. The Kier molecular flexibility index (Phi) is 5.31. The minimum atomic E-state index is -0.185. The van der Waals surface area contributed by atoms with E-state index in [0.29, 0.717) is 12.5 Å². The molecule has 2 fully saturated rings. The van der Waals surface area contributed by atoms with Crippen LogP contribution >= 0.6 is 0 Å². The van der Waals surface area contributed by atoms with Crippen molar-refractivity contribution in [3.8, 4) is 0 Å². The van der Waals surface area contributed by atoms with Gasteiger partial charge in [0.05, 0.1) is 19.8 Å². The minimum Gasteiger partial charge on any atom is -0.377 e. The Hall–Kier alpha value is -1.01. The minimum absolute atomic E-state index is 0.183. The van der Waals surface area contributed by atoms with E-state index < -0.39 is 0 Å². The first-order valence-corrected chi connectivity index (χ1v) is 8.38. The van der Waals surface area contributed by atoms with E-state index >= 15 is 0 Å². The maximum atomic E-state index is 13.1. The van der Waals surface area contributed by atoms with Gasteiger partial charge in [0, 0.05) is 26.2 Å². The fraction of sp³-hybridized carbons (Fsp3) is 0.667. The molecule has 1 spiro atoms. The van der Waals surface area contributed by atoms with E-state index in [2.05, 4.69) is 23.9 Å². The molecule has 2 saturated heterocycles. The van der Waals surface area contributed by atoms with Gasteiger partial charge in [-0.05, 0) is 44.1 Å². The van der Waals surface area contributed by atoms with Gasteiger partial charge in [0.2, 0.25) is 0 Å². The fourth-order valence-electron chi connectivity index (χ4n) is 3.75. The largest absolute Gasteiger partial charge is 0.377 e. The molecule has 0 aliphatic carbocycles. The van der Waals surface area contributed by atoms with Gasteiger partial charge in [-0.3, -0.25) is 4.90 Å². The highest BCUT2D eigenvalue weighted by Crippen LogP contribution is 2.33. The Balaban J connectivity index is 1.63. The molecule has 0 unspecified atom stereocenters. The van der Waals surface area contributed by atoms with E-state index in [0.717, 1.165) is 51.4 Å². The molecule has 2 heterocycles. The molecule has 23 heavy (non-hydrogen) atoms. The number of rotatable bonds is 4. The summed E-state index contributed by atoms with van der Waals surface area (Å²) in [5.74, 6) is 0.384. The van der Waals surface area contributed by atoms with Gasteiger partial charge in [-0.2, -0.15) is 0 Å². The molecule has 4 nitrogen and oxygen atoms in total. The van der Waals surface area contributed by atoms with Crippen molar-refractivity contribution in [2.45, 2.75) is 18.6 Å². The lowest BCUT2D eigenvalue weighted by atomic mass is 9.94. The zero-order valence-corrected chi connectivity index (χ0v) is 14.1. The molecule has 1 aromatic rings. The van der Waals surface area contributed by atoms with Crippen molar-refractivity contribution in [3.63, 3.8) is 0 Å². The van der Waals surface area contributed by atoms with Gasteiger partial charge in [0.15, 0.2) is 0 Å². The van der Waals surface area contributed by atoms with Crippen LogP contribution in [0.15, 0.2) is 24.3 Å². The number of nitrogens with zero attached hydrogens (tertiary/aromatic N) is 2. The van der Waals surface area contributed by atoms with Crippen molar-refractivity contribution in [2.24, 2.45) is 5.92 Å². The Morgan fingerprint density at radius 2 is 2.09 bits per heavy atom. The molecule has 0 aromatic heterocycles. The van der Waals surface area contributed by atoms with Crippen LogP contribution in [0.4, 0.5) is 4.39 Å². The van der Waals surface area contributed by atoms with Crippen LogP contribution in [0.2, 0.25) is 0 Å². The quantitative estimate of drug-likeness (QED) is 0.846. The van der Waals surface area contributed by atoms with Crippen molar-refractivity contribution in [3.05, 3.63) is 35.6 Å². The third-order valence-electron chi connectivity index (χ3n) is 4.66. The van der Waals surface area contributed by atoms with E-state index in [1.165, 1.54) is 12.1 Å². The molecule has 1 aromatic carbocycles. The number of hydrogen-bond donors (Lipinski definition) is 0. The molecule has 0 radical (unpaired) electrons. The predicted molar refractivity (Wildman–Crippen MR) is 87.8 cm³/mol. The molecule has 2 aliphatic heterocycles. The number of hydrogen-bond acceptors (Lipinski definition) is 4. The van der Waals surface area contributed by atoms with Crippen LogP contribution in [0, 0.1) is 11.7 Å². The summed E-state index contributed by atoms with van der Waals surface area (Å²) in [6, 6.07) is 6.77. The van der Waals surface area contributed by atoms with Gasteiger partial charge in [-0.15, -0.1) is 0 Å². The Morgan fingerprint density at radius 3 is 2.83 bits per heavy atom. The average Bonchev–Trinajstić information content (AvgIpc) is 2.76. The monoisotopic (exact) mass is 322 g/mol. The summed E-state index contributed by atoms with van der Waals surface area (Å²) in [6.45, 7) is 5.86. The van der Waals surface area contributed by atoms with Gasteiger partial charge >= 0.3 is 0 Å². The summed E-state index contributed by atoms with van der Waals surface area (Å²) in [5, 5.41) is 0. The zero-order chi connectivity index (χ0) is 16.3. The molecular weight excluding hydrogens is 295 g/mol. The lowest BCUT2D eigenvalue weighted by Gasteiger charge is -2.31. The van der Waals surface area contributed by atoms with E-state index in [1.807, 2.05) is 12.1 Å². The van der Waals surface area contributed by atoms with E-state index in [-0.39, 0.29) is 11.4 Å². The molecule has 0 saturated carbocycles. The second-order valence-electron chi connectivity index (χ2n) is 7.22. The first-order chi connectivity index (χ1) is 11.0. The topological polar surface area (TPSA) is 24.9 Å². The van der Waals surface area contributed by atoms with E-state index in [4.69, 9.17) is 9.47 Å². The highest BCUT2D eigenvalue weighted by atomic mass is 19.1. The first kappa shape index (κ1) is 16.8. The van der Waals surface area contributed by atoms with Crippen LogP contribution in [0.5, 0.6) is 0 Å². The van der Waals surface area contributed by atoms with Gasteiger partial charge in [0.1, 0.15) is 11.4 Å². The van der Waals surface area contributed by atoms with Crippen LogP contribution in [-0.4, -0.2) is 69.0 Å². The lowest BCUT2D eigenvalue weighted by molar-refractivity contribution is -0.0563. The van der Waals surface area contributed by atoms with Crippen LogP contribution in [0.1, 0.15) is 12.0 Å². The van der Waals surface area contributed by atoms with Gasteiger partial charge in [-0.1, -0.05) is 12.1 Å². The lowest BCUT2D eigenvalue weighted by Crippen LogP contribution is -2.44. The van der Waals surface area contributed by atoms with E-state index in [1.54, 1.807) is 0 Å². The third kappa shape index (κ3) is 4.51. The number of ether oxygens (including phenoxy) is 2. The molecule has 0 N–H and O–H groups in total. The normalized spacial score (nSPS) is 29.3. The molecular formula is C18H27FN2O2. The highest BCUT2D eigenvalue weighted by molar-refractivity contribution is 5.16. The highest BCUT2D eigenvalue weighted by Gasteiger charge is 2.43. The Labute approximate surface area is 138 Å². The molecule has 128 valence electrons. The summed E-state index contributed by atoms with van der Waals surface area (Å²) < 4.78 is 25.1.